The normalized spacial score (nSPS) is 10.1. The molecule has 2 aromatic rings. The molecule has 0 fully saturated rings. The maximum atomic E-state index is 11.9. The number of anilines is 1. The highest BCUT2D eigenvalue weighted by atomic mass is 16.2. The molecule has 0 atom stereocenters. The van der Waals surface area contributed by atoms with Crippen LogP contribution in [0.15, 0.2) is 42.7 Å². The summed E-state index contributed by atoms with van der Waals surface area (Å²) in [5, 5.41) is 8.18. The third-order valence-corrected chi connectivity index (χ3v) is 3.67. The van der Waals surface area contributed by atoms with Gasteiger partial charge < -0.3 is 16.0 Å². The van der Waals surface area contributed by atoms with Gasteiger partial charge in [-0.15, -0.1) is 0 Å². The van der Waals surface area contributed by atoms with Gasteiger partial charge in [-0.2, -0.15) is 0 Å². The molecular weight excluding hydrogens is 304 g/mol. The van der Waals surface area contributed by atoms with Gasteiger partial charge in [0.1, 0.15) is 0 Å². The van der Waals surface area contributed by atoms with Gasteiger partial charge in [-0.25, -0.2) is 4.79 Å². The number of aromatic nitrogens is 1. The van der Waals surface area contributed by atoms with E-state index in [-0.39, 0.29) is 11.9 Å². The van der Waals surface area contributed by atoms with Gasteiger partial charge in [-0.1, -0.05) is 12.1 Å². The summed E-state index contributed by atoms with van der Waals surface area (Å²) >= 11 is 0. The van der Waals surface area contributed by atoms with Crippen LogP contribution in [0.3, 0.4) is 0 Å². The van der Waals surface area contributed by atoms with E-state index in [4.69, 9.17) is 0 Å². The van der Waals surface area contributed by atoms with Crippen molar-refractivity contribution in [3.05, 3.63) is 59.4 Å². The number of carbonyl (C=O) groups excluding carboxylic acids is 2. The second-order valence-electron chi connectivity index (χ2n) is 5.48. The highest BCUT2D eigenvalue weighted by molar-refractivity contribution is 5.89. The van der Waals surface area contributed by atoms with Gasteiger partial charge in [0.25, 0.3) is 0 Å². The SMILES string of the molecule is CNC(=O)Cc1ccc(NC(=O)NCCc2ccncc2C)cc1. The van der Waals surface area contributed by atoms with Crippen molar-refractivity contribution in [2.24, 2.45) is 0 Å². The number of pyridine rings is 1. The lowest BCUT2D eigenvalue weighted by atomic mass is 10.1. The van der Waals surface area contributed by atoms with E-state index in [1.165, 1.54) is 5.56 Å². The summed E-state index contributed by atoms with van der Waals surface area (Å²) in [6.45, 7) is 2.55. The van der Waals surface area contributed by atoms with Crippen molar-refractivity contribution in [1.29, 1.82) is 0 Å². The molecule has 24 heavy (non-hydrogen) atoms. The molecule has 0 saturated heterocycles. The molecule has 0 aliphatic carbocycles. The first kappa shape index (κ1) is 17.5. The summed E-state index contributed by atoms with van der Waals surface area (Å²) in [4.78, 5) is 27.3. The monoisotopic (exact) mass is 326 g/mol. The topological polar surface area (TPSA) is 83.1 Å². The van der Waals surface area contributed by atoms with Crippen LogP contribution in [0.5, 0.6) is 0 Å². The predicted molar refractivity (Wildman–Crippen MR) is 93.9 cm³/mol. The molecule has 0 aliphatic heterocycles. The fraction of sp³-hybridized carbons (Fsp3) is 0.278. The Labute approximate surface area is 141 Å². The number of amides is 3. The minimum atomic E-state index is -0.249. The molecule has 6 heteroatoms. The Bertz CT molecular complexity index is 698. The molecule has 126 valence electrons. The summed E-state index contributed by atoms with van der Waals surface area (Å²) in [6, 6.07) is 8.92. The van der Waals surface area contributed by atoms with Crippen molar-refractivity contribution in [3.8, 4) is 0 Å². The number of aryl methyl sites for hydroxylation is 1. The molecule has 0 saturated carbocycles. The molecule has 1 aromatic carbocycles. The first-order valence-corrected chi connectivity index (χ1v) is 7.82. The third kappa shape index (κ3) is 5.39. The molecule has 1 aromatic heterocycles. The molecule has 6 nitrogen and oxygen atoms in total. The van der Waals surface area contributed by atoms with Crippen LogP contribution in [-0.4, -0.2) is 30.5 Å². The first-order valence-electron chi connectivity index (χ1n) is 7.82. The number of nitrogens with zero attached hydrogens (tertiary/aromatic N) is 1. The molecule has 2 rings (SSSR count). The average molecular weight is 326 g/mol. The van der Waals surface area contributed by atoms with Gasteiger partial charge in [0, 0.05) is 31.7 Å². The second kappa shape index (κ2) is 8.67. The Morgan fingerprint density at radius 1 is 1.12 bits per heavy atom. The Kier molecular flexibility index (Phi) is 6.31. The van der Waals surface area contributed by atoms with Gasteiger partial charge in [-0.3, -0.25) is 9.78 Å². The maximum absolute atomic E-state index is 11.9. The zero-order valence-corrected chi connectivity index (χ0v) is 13.9. The largest absolute Gasteiger partial charge is 0.359 e. The Hall–Kier alpha value is -2.89. The molecule has 0 radical (unpaired) electrons. The standard InChI is InChI=1S/C18H22N4O2/c1-13-12-20-9-7-15(13)8-10-21-18(24)22-16-5-3-14(4-6-16)11-17(23)19-2/h3-7,9,12H,8,10-11H2,1-2H3,(H,19,23)(H2,21,22,24). The molecule has 0 unspecified atom stereocenters. The van der Waals surface area contributed by atoms with Crippen molar-refractivity contribution in [2.75, 3.05) is 18.9 Å². The fourth-order valence-electron chi connectivity index (χ4n) is 2.25. The van der Waals surface area contributed by atoms with E-state index in [0.717, 1.165) is 17.5 Å². The zero-order valence-electron chi connectivity index (χ0n) is 13.9. The Morgan fingerprint density at radius 2 is 1.88 bits per heavy atom. The summed E-state index contributed by atoms with van der Waals surface area (Å²) in [5.41, 5.74) is 3.87. The van der Waals surface area contributed by atoms with E-state index < -0.39 is 0 Å². The van der Waals surface area contributed by atoms with Crippen molar-refractivity contribution < 1.29 is 9.59 Å². The van der Waals surface area contributed by atoms with Crippen molar-refractivity contribution >= 4 is 17.6 Å². The van der Waals surface area contributed by atoms with Crippen LogP contribution < -0.4 is 16.0 Å². The summed E-state index contributed by atoms with van der Waals surface area (Å²) in [6.07, 6.45) is 4.65. The molecule has 1 heterocycles. The number of urea groups is 1. The average Bonchev–Trinajstić information content (AvgIpc) is 2.58. The first-order chi connectivity index (χ1) is 11.6. The highest BCUT2D eigenvalue weighted by Gasteiger charge is 2.04. The molecule has 3 amide bonds. The van der Waals surface area contributed by atoms with Gasteiger partial charge in [-0.05, 0) is 48.2 Å². The van der Waals surface area contributed by atoms with Crippen LogP contribution >= 0.6 is 0 Å². The van der Waals surface area contributed by atoms with Crippen molar-refractivity contribution in [2.45, 2.75) is 19.8 Å². The van der Waals surface area contributed by atoms with E-state index in [9.17, 15) is 9.59 Å². The van der Waals surface area contributed by atoms with Gasteiger partial charge >= 0.3 is 6.03 Å². The number of benzene rings is 1. The zero-order chi connectivity index (χ0) is 17.4. The lowest BCUT2D eigenvalue weighted by Gasteiger charge is -2.09. The van der Waals surface area contributed by atoms with E-state index in [2.05, 4.69) is 20.9 Å². The van der Waals surface area contributed by atoms with Gasteiger partial charge in [0.15, 0.2) is 0 Å². The lowest BCUT2D eigenvalue weighted by molar-refractivity contribution is -0.119. The predicted octanol–water partition coefficient (Wildman–Crippen LogP) is 2.04. The smallest absolute Gasteiger partial charge is 0.319 e. The van der Waals surface area contributed by atoms with E-state index in [1.807, 2.05) is 31.3 Å². The van der Waals surface area contributed by atoms with Gasteiger partial charge in [0.2, 0.25) is 5.91 Å². The second-order valence-corrected chi connectivity index (χ2v) is 5.48. The third-order valence-electron chi connectivity index (χ3n) is 3.67. The molecule has 0 aliphatic rings. The van der Waals surface area contributed by atoms with Crippen LogP contribution in [0.4, 0.5) is 10.5 Å². The van der Waals surface area contributed by atoms with E-state index in [1.54, 1.807) is 25.4 Å². The summed E-state index contributed by atoms with van der Waals surface area (Å²) in [5.74, 6) is -0.0418. The van der Waals surface area contributed by atoms with Gasteiger partial charge in [0.05, 0.1) is 6.42 Å². The van der Waals surface area contributed by atoms with Crippen LogP contribution in [0.25, 0.3) is 0 Å². The summed E-state index contributed by atoms with van der Waals surface area (Å²) in [7, 11) is 1.61. The minimum absolute atomic E-state index is 0.0418. The quantitative estimate of drug-likeness (QED) is 0.759. The van der Waals surface area contributed by atoms with Crippen LogP contribution in [0.2, 0.25) is 0 Å². The van der Waals surface area contributed by atoms with E-state index >= 15 is 0 Å². The lowest BCUT2D eigenvalue weighted by Crippen LogP contribution is -2.30. The van der Waals surface area contributed by atoms with E-state index in [0.29, 0.717) is 18.7 Å². The van der Waals surface area contributed by atoms with Crippen LogP contribution in [0, 0.1) is 6.92 Å². The molecule has 0 spiro atoms. The molecular formula is C18H22N4O2. The molecule has 0 bridgehead atoms. The summed E-state index contributed by atoms with van der Waals surface area (Å²) < 4.78 is 0. The number of rotatable bonds is 6. The number of likely N-dealkylation sites (N-methyl/N-ethyl adjacent to an activating group) is 1. The fourth-order valence-corrected chi connectivity index (χ4v) is 2.25. The maximum Gasteiger partial charge on any atom is 0.319 e. The Morgan fingerprint density at radius 3 is 2.54 bits per heavy atom. The number of carbonyl (C=O) groups is 2. The molecule has 3 N–H and O–H groups in total. The Balaban J connectivity index is 1.78. The van der Waals surface area contributed by atoms with Crippen molar-refractivity contribution in [1.82, 2.24) is 15.6 Å². The number of nitrogens with one attached hydrogen (secondary N) is 3. The number of hydrogen-bond acceptors (Lipinski definition) is 3. The highest BCUT2D eigenvalue weighted by Crippen LogP contribution is 2.10. The van der Waals surface area contributed by atoms with Crippen LogP contribution in [0.1, 0.15) is 16.7 Å². The van der Waals surface area contributed by atoms with Crippen molar-refractivity contribution in [3.63, 3.8) is 0 Å². The van der Waals surface area contributed by atoms with Crippen LogP contribution in [-0.2, 0) is 17.6 Å². The number of hydrogen-bond donors (Lipinski definition) is 3. The minimum Gasteiger partial charge on any atom is -0.359 e.